The van der Waals surface area contributed by atoms with Gasteiger partial charge in [0.05, 0.1) is 6.54 Å². The number of nitrogens with zero attached hydrogens (tertiary/aromatic N) is 2. The first kappa shape index (κ1) is 18.0. The largest absolute Gasteiger partial charge is 0.370 e. The number of aryl methyl sites for hydroxylation is 2. The molecule has 0 fully saturated rings. The van der Waals surface area contributed by atoms with Crippen LogP contribution in [0.5, 0.6) is 0 Å². The summed E-state index contributed by atoms with van der Waals surface area (Å²) in [6.07, 6.45) is 0. The molecule has 4 heteroatoms. The summed E-state index contributed by atoms with van der Waals surface area (Å²) in [4.78, 5) is 6.73. The van der Waals surface area contributed by atoms with Crippen molar-refractivity contribution in [1.82, 2.24) is 4.90 Å². The number of aliphatic imine (C=N–C) groups is 1. The fourth-order valence-electron chi connectivity index (χ4n) is 2.43. The van der Waals surface area contributed by atoms with Crippen LogP contribution in [0.3, 0.4) is 0 Å². The molecule has 0 bridgehead atoms. The van der Waals surface area contributed by atoms with E-state index in [0.29, 0.717) is 12.5 Å². The summed E-state index contributed by atoms with van der Waals surface area (Å²) in [6.45, 7) is 8.91. The minimum absolute atomic E-state index is 0.439. The maximum absolute atomic E-state index is 6.01. The topological polar surface area (TPSA) is 53.6 Å². The fraction of sp³-hybridized carbons (Fsp3) is 0.350. The summed E-state index contributed by atoms with van der Waals surface area (Å²) < 4.78 is 0. The summed E-state index contributed by atoms with van der Waals surface area (Å²) in [7, 11) is 2.12. The van der Waals surface area contributed by atoms with Gasteiger partial charge in [-0.3, -0.25) is 0 Å². The Bertz CT molecular complexity index is 707. The van der Waals surface area contributed by atoms with Gasteiger partial charge < -0.3 is 16.0 Å². The maximum atomic E-state index is 6.01. The molecule has 24 heavy (non-hydrogen) atoms. The van der Waals surface area contributed by atoms with E-state index >= 15 is 0 Å². The second-order valence-corrected chi connectivity index (χ2v) is 6.28. The Morgan fingerprint density at radius 1 is 1.08 bits per heavy atom. The molecule has 0 aliphatic rings. The zero-order valence-electron chi connectivity index (χ0n) is 15.1. The molecular weight excluding hydrogens is 296 g/mol. The first-order valence-corrected chi connectivity index (χ1v) is 8.38. The van der Waals surface area contributed by atoms with E-state index in [0.717, 1.165) is 18.8 Å². The molecule has 0 radical (unpaired) electrons. The van der Waals surface area contributed by atoms with Gasteiger partial charge in [-0.25, -0.2) is 4.99 Å². The molecule has 2 aromatic rings. The van der Waals surface area contributed by atoms with Gasteiger partial charge in [0.1, 0.15) is 0 Å². The summed E-state index contributed by atoms with van der Waals surface area (Å²) in [5.41, 5.74) is 12.0. The second-order valence-electron chi connectivity index (χ2n) is 6.28. The van der Waals surface area contributed by atoms with Gasteiger partial charge in [0.25, 0.3) is 0 Å². The summed E-state index contributed by atoms with van der Waals surface area (Å²) in [5.74, 6) is 0.439. The first-order chi connectivity index (χ1) is 11.5. The van der Waals surface area contributed by atoms with Crippen LogP contribution in [0.4, 0.5) is 5.69 Å². The van der Waals surface area contributed by atoms with Crippen LogP contribution in [0.2, 0.25) is 0 Å². The molecule has 0 atom stereocenters. The number of nitrogens with two attached hydrogens (primary N) is 1. The van der Waals surface area contributed by atoms with Gasteiger partial charge in [-0.15, -0.1) is 0 Å². The molecule has 0 saturated heterocycles. The van der Waals surface area contributed by atoms with Gasteiger partial charge in [-0.05, 0) is 61.8 Å². The predicted octanol–water partition coefficient (Wildman–Crippen LogP) is 3.68. The molecule has 128 valence electrons. The van der Waals surface area contributed by atoms with Gasteiger partial charge in [-0.2, -0.15) is 0 Å². The Kier molecular flexibility index (Phi) is 6.38. The van der Waals surface area contributed by atoms with Crippen LogP contribution in [0.25, 0.3) is 0 Å². The van der Waals surface area contributed by atoms with Gasteiger partial charge >= 0.3 is 0 Å². The number of nitrogens with one attached hydrogen (secondary N) is 1. The SMILES string of the molecule is CCN(C)Cc1cccc(CN=C(N)Nc2ccc(C)c(C)c2)c1. The van der Waals surface area contributed by atoms with E-state index in [1.165, 1.54) is 22.3 Å². The van der Waals surface area contributed by atoms with Gasteiger partial charge in [0, 0.05) is 12.2 Å². The van der Waals surface area contributed by atoms with Crippen LogP contribution < -0.4 is 11.1 Å². The second kappa shape index (κ2) is 8.50. The predicted molar refractivity (Wildman–Crippen MR) is 103 cm³/mol. The van der Waals surface area contributed by atoms with E-state index in [1.54, 1.807) is 0 Å². The van der Waals surface area contributed by atoms with Crippen molar-refractivity contribution in [3.8, 4) is 0 Å². The molecule has 0 amide bonds. The van der Waals surface area contributed by atoms with Crippen molar-refractivity contribution in [2.75, 3.05) is 18.9 Å². The number of guanidine groups is 1. The highest BCUT2D eigenvalue weighted by molar-refractivity contribution is 5.92. The van der Waals surface area contributed by atoms with Gasteiger partial charge in [0.2, 0.25) is 0 Å². The lowest BCUT2D eigenvalue weighted by Crippen LogP contribution is -2.22. The maximum Gasteiger partial charge on any atom is 0.193 e. The van der Waals surface area contributed by atoms with Gasteiger partial charge in [0.15, 0.2) is 5.96 Å². The molecule has 0 spiro atoms. The molecule has 0 aliphatic carbocycles. The Morgan fingerprint density at radius 3 is 2.54 bits per heavy atom. The smallest absolute Gasteiger partial charge is 0.193 e. The molecule has 0 heterocycles. The van der Waals surface area contributed by atoms with Crippen molar-refractivity contribution in [3.63, 3.8) is 0 Å². The minimum atomic E-state index is 0.439. The molecule has 3 N–H and O–H groups in total. The van der Waals surface area contributed by atoms with Crippen LogP contribution >= 0.6 is 0 Å². The number of hydrogen-bond acceptors (Lipinski definition) is 2. The van der Waals surface area contributed by atoms with Crippen molar-refractivity contribution < 1.29 is 0 Å². The Hall–Kier alpha value is -2.33. The average molecular weight is 324 g/mol. The van der Waals surface area contributed by atoms with Crippen molar-refractivity contribution in [2.24, 2.45) is 10.7 Å². The lowest BCUT2D eigenvalue weighted by molar-refractivity contribution is 0.345. The number of hydrogen-bond donors (Lipinski definition) is 2. The van der Waals surface area contributed by atoms with E-state index in [1.807, 2.05) is 6.07 Å². The molecule has 0 saturated carbocycles. The quantitative estimate of drug-likeness (QED) is 0.629. The number of benzene rings is 2. The average Bonchev–Trinajstić information content (AvgIpc) is 2.56. The van der Waals surface area contributed by atoms with E-state index in [9.17, 15) is 0 Å². The summed E-state index contributed by atoms with van der Waals surface area (Å²) in [6, 6.07) is 14.7. The standard InChI is InChI=1S/C20H28N4/c1-5-24(4)14-18-8-6-7-17(12-18)13-22-20(21)23-19-10-9-15(2)16(3)11-19/h6-12H,5,13-14H2,1-4H3,(H3,21,22,23). The van der Waals surface area contributed by atoms with E-state index in [2.05, 4.69) is 79.4 Å². The zero-order chi connectivity index (χ0) is 17.5. The normalized spacial score (nSPS) is 11.8. The minimum Gasteiger partial charge on any atom is -0.370 e. The molecule has 0 aromatic heterocycles. The van der Waals surface area contributed by atoms with Crippen LogP contribution in [0.1, 0.15) is 29.2 Å². The lowest BCUT2D eigenvalue weighted by Gasteiger charge is -2.14. The Balaban J connectivity index is 1.98. The van der Waals surface area contributed by atoms with Crippen LogP contribution in [0, 0.1) is 13.8 Å². The fourth-order valence-corrected chi connectivity index (χ4v) is 2.43. The van der Waals surface area contributed by atoms with E-state index in [4.69, 9.17) is 5.73 Å². The van der Waals surface area contributed by atoms with Crippen molar-refractivity contribution >= 4 is 11.6 Å². The Labute approximate surface area is 145 Å². The third-order valence-electron chi connectivity index (χ3n) is 4.20. The first-order valence-electron chi connectivity index (χ1n) is 8.38. The van der Waals surface area contributed by atoms with Gasteiger partial charge in [-0.1, -0.05) is 37.3 Å². The van der Waals surface area contributed by atoms with E-state index < -0.39 is 0 Å². The van der Waals surface area contributed by atoms with E-state index in [-0.39, 0.29) is 0 Å². The third-order valence-corrected chi connectivity index (χ3v) is 4.20. The highest BCUT2D eigenvalue weighted by Crippen LogP contribution is 2.14. The summed E-state index contributed by atoms with van der Waals surface area (Å²) >= 11 is 0. The van der Waals surface area contributed by atoms with Crippen molar-refractivity contribution in [1.29, 1.82) is 0 Å². The molecular formula is C20H28N4. The van der Waals surface area contributed by atoms with Crippen LogP contribution in [-0.2, 0) is 13.1 Å². The molecule has 4 nitrogen and oxygen atoms in total. The summed E-state index contributed by atoms with van der Waals surface area (Å²) in [5, 5.41) is 3.16. The molecule has 0 aliphatic heterocycles. The number of anilines is 1. The van der Waals surface area contributed by atoms with Crippen molar-refractivity contribution in [2.45, 2.75) is 33.9 Å². The monoisotopic (exact) mass is 324 g/mol. The number of rotatable bonds is 6. The van der Waals surface area contributed by atoms with Crippen LogP contribution in [0.15, 0.2) is 47.5 Å². The van der Waals surface area contributed by atoms with Crippen LogP contribution in [-0.4, -0.2) is 24.5 Å². The lowest BCUT2D eigenvalue weighted by atomic mass is 10.1. The highest BCUT2D eigenvalue weighted by atomic mass is 15.1. The zero-order valence-corrected chi connectivity index (χ0v) is 15.1. The highest BCUT2D eigenvalue weighted by Gasteiger charge is 2.01. The molecule has 2 aromatic carbocycles. The molecule has 2 rings (SSSR count). The molecule has 0 unspecified atom stereocenters. The van der Waals surface area contributed by atoms with Crippen molar-refractivity contribution in [3.05, 3.63) is 64.7 Å². The Morgan fingerprint density at radius 2 is 1.83 bits per heavy atom. The third kappa shape index (κ3) is 5.39.